The summed E-state index contributed by atoms with van der Waals surface area (Å²) >= 11 is 0. The van der Waals surface area contributed by atoms with E-state index in [-0.39, 0.29) is 16.2 Å². The number of carbonyl (C=O) groups excluding carboxylic acids is 4. The molecular formula is C19H23FN2O5Si. The van der Waals surface area contributed by atoms with Crippen molar-refractivity contribution in [2.45, 2.75) is 57.2 Å². The summed E-state index contributed by atoms with van der Waals surface area (Å²) in [6.07, 6.45) is -2.01. The number of carbonyl (C=O) groups is 4. The Morgan fingerprint density at radius 2 is 1.61 bits per heavy atom. The van der Waals surface area contributed by atoms with E-state index in [0.29, 0.717) is 4.90 Å². The molecule has 150 valence electrons. The van der Waals surface area contributed by atoms with Crippen LogP contribution in [0.5, 0.6) is 0 Å². The van der Waals surface area contributed by atoms with Crippen LogP contribution < -0.4 is 5.32 Å². The fourth-order valence-electron chi connectivity index (χ4n) is 3.05. The summed E-state index contributed by atoms with van der Waals surface area (Å²) in [6, 6.07) is 5.89. The second-order valence-electron chi connectivity index (χ2n) is 8.64. The van der Waals surface area contributed by atoms with Gasteiger partial charge >= 0.3 is 0 Å². The van der Waals surface area contributed by atoms with Gasteiger partial charge in [-0.15, -0.1) is 0 Å². The van der Waals surface area contributed by atoms with Gasteiger partial charge in [-0.3, -0.25) is 24.5 Å². The number of nitrogens with one attached hydrogen (secondary N) is 1. The molecule has 0 aliphatic carbocycles. The quantitative estimate of drug-likeness (QED) is 0.473. The van der Waals surface area contributed by atoms with E-state index in [0.717, 1.165) is 0 Å². The Bertz CT molecular complexity index is 860. The minimum absolute atomic E-state index is 0.0242. The second-order valence-corrected chi connectivity index (χ2v) is 13.4. The Morgan fingerprint density at radius 1 is 1.11 bits per heavy atom. The largest absolute Gasteiger partial charge is 0.405 e. The van der Waals surface area contributed by atoms with Crippen molar-refractivity contribution in [3.8, 4) is 0 Å². The molecule has 28 heavy (non-hydrogen) atoms. The maximum atomic E-state index is 15.9. The summed E-state index contributed by atoms with van der Waals surface area (Å²) in [5.74, 6) is -6.91. The number of alkyl halides is 1. The first kappa shape index (κ1) is 20.3. The molecular weight excluding hydrogens is 383 g/mol. The Morgan fingerprint density at radius 3 is 2.07 bits per heavy atom. The number of imide groups is 2. The van der Waals surface area contributed by atoms with Crippen molar-refractivity contribution in [3.05, 3.63) is 35.4 Å². The highest BCUT2D eigenvalue weighted by Crippen LogP contribution is 2.41. The molecule has 1 N–H and O–H groups in total. The van der Waals surface area contributed by atoms with Crippen LogP contribution in [0, 0.1) is 0 Å². The van der Waals surface area contributed by atoms with Crippen LogP contribution in [0.15, 0.2) is 24.3 Å². The lowest BCUT2D eigenvalue weighted by molar-refractivity contribution is -0.159. The van der Waals surface area contributed by atoms with Crippen molar-refractivity contribution < 1.29 is 28.0 Å². The third-order valence-corrected chi connectivity index (χ3v) is 10.2. The molecule has 1 aromatic rings. The van der Waals surface area contributed by atoms with Crippen molar-refractivity contribution in [3.63, 3.8) is 0 Å². The van der Waals surface area contributed by atoms with E-state index in [2.05, 4.69) is 0 Å². The molecule has 3 rings (SSSR count). The average Bonchev–Trinajstić information content (AvgIpc) is 2.83. The first-order chi connectivity index (χ1) is 12.8. The zero-order valence-corrected chi connectivity index (χ0v) is 17.5. The van der Waals surface area contributed by atoms with Gasteiger partial charge in [0.05, 0.1) is 11.1 Å². The molecule has 0 aromatic heterocycles. The Kier molecular flexibility index (Phi) is 4.59. The van der Waals surface area contributed by atoms with Gasteiger partial charge in [-0.25, -0.2) is 9.29 Å². The predicted molar refractivity (Wildman–Crippen MR) is 101 cm³/mol. The van der Waals surface area contributed by atoms with Crippen molar-refractivity contribution >= 4 is 31.9 Å². The SMILES string of the molecule is CC(C)(C)[Si](C)(C)O[C@H]1C[C@](F)(N2C(=O)c3ccccc3C2=O)C(=O)NC1=O. The molecule has 4 amide bonds. The highest BCUT2D eigenvalue weighted by atomic mass is 28.4. The minimum Gasteiger partial charge on any atom is -0.405 e. The standard InChI is InChI=1S/C19H23FN2O5Si/c1-18(2,3)28(4,5)27-13-10-19(20,17(26)21-14(13)23)22-15(24)11-8-6-7-9-12(11)16(22)25/h6-9,13H,10H2,1-5H3,(H,21,23,26)/t13-,19-/m0/s1. The zero-order valence-electron chi connectivity index (χ0n) is 16.5. The molecule has 2 aliphatic heterocycles. The van der Waals surface area contributed by atoms with Crippen LogP contribution in [0.25, 0.3) is 0 Å². The fraction of sp³-hybridized carbons (Fsp3) is 0.474. The maximum Gasteiger partial charge on any atom is 0.286 e. The lowest BCUT2D eigenvalue weighted by atomic mass is 9.99. The molecule has 0 saturated carbocycles. The third kappa shape index (κ3) is 2.98. The Hall–Kier alpha value is -2.39. The molecule has 0 bridgehead atoms. The Balaban J connectivity index is 1.95. The molecule has 1 fully saturated rings. The lowest BCUT2D eigenvalue weighted by Gasteiger charge is -2.43. The van der Waals surface area contributed by atoms with Gasteiger partial charge in [0, 0.05) is 6.42 Å². The van der Waals surface area contributed by atoms with E-state index in [1.807, 2.05) is 39.2 Å². The molecule has 9 heteroatoms. The summed E-state index contributed by atoms with van der Waals surface area (Å²) in [6.45, 7) is 9.64. The number of rotatable bonds is 3. The summed E-state index contributed by atoms with van der Waals surface area (Å²) in [4.78, 5) is 50.3. The van der Waals surface area contributed by atoms with Gasteiger partial charge in [-0.05, 0) is 30.3 Å². The second kappa shape index (κ2) is 6.31. The molecule has 0 unspecified atom stereocenters. The number of benzene rings is 1. The van der Waals surface area contributed by atoms with Crippen molar-refractivity contribution in [2.75, 3.05) is 0 Å². The van der Waals surface area contributed by atoms with Crippen molar-refractivity contribution in [1.82, 2.24) is 10.2 Å². The smallest absolute Gasteiger partial charge is 0.286 e. The summed E-state index contributed by atoms with van der Waals surface area (Å²) in [5.41, 5.74) is 0.0483. The van der Waals surface area contributed by atoms with Gasteiger partial charge in [0.2, 0.25) is 0 Å². The van der Waals surface area contributed by atoms with E-state index >= 15 is 4.39 Å². The first-order valence-electron chi connectivity index (χ1n) is 8.99. The highest BCUT2D eigenvalue weighted by molar-refractivity contribution is 6.74. The molecule has 0 spiro atoms. The third-order valence-electron chi connectivity index (χ3n) is 5.72. The molecule has 0 radical (unpaired) electrons. The number of hydrogen-bond donors (Lipinski definition) is 1. The van der Waals surface area contributed by atoms with E-state index < -0.39 is 50.3 Å². The maximum absolute atomic E-state index is 15.9. The van der Waals surface area contributed by atoms with Crippen LogP contribution in [-0.2, 0) is 14.0 Å². The average molecular weight is 406 g/mol. The van der Waals surface area contributed by atoms with Crippen LogP contribution in [-0.4, -0.2) is 48.7 Å². The predicted octanol–water partition coefficient (Wildman–Crippen LogP) is 2.39. The van der Waals surface area contributed by atoms with Gasteiger partial charge in [0.15, 0.2) is 8.32 Å². The summed E-state index contributed by atoms with van der Waals surface area (Å²) < 4.78 is 21.9. The molecule has 2 heterocycles. The van der Waals surface area contributed by atoms with Crippen LogP contribution in [0.3, 0.4) is 0 Å². The molecule has 2 atom stereocenters. The first-order valence-corrected chi connectivity index (χ1v) is 11.9. The van der Waals surface area contributed by atoms with Crippen LogP contribution in [0.1, 0.15) is 47.9 Å². The van der Waals surface area contributed by atoms with Crippen molar-refractivity contribution in [2.24, 2.45) is 0 Å². The number of piperidine rings is 1. The molecule has 2 aliphatic rings. The van der Waals surface area contributed by atoms with E-state index in [4.69, 9.17) is 4.43 Å². The monoisotopic (exact) mass is 406 g/mol. The normalized spacial score (nSPS) is 25.8. The lowest BCUT2D eigenvalue weighted by Crippen LogP contribution is -2.67. The Labute approximate surface area is 163 Å². The topological polar surface area (TPSA) is 92.8 Å². The van der Waals surface area contributed by atoms with Crippen LogP contribution in [0.4, 0.5) is 4.39 Å². The number of hydrogen-bond acceptors (Lipinski definition) is 5. The van der Waals surface area contributed by atoms with E-state index in [9.17, 15) is 19.2 Å². The molecule has 1 aromatic carbocycles. The zero-order chi connectivity index (χ0) is 21.1. The summed E-state index contributed by atoms with van der Waals surface area (Å²) in [5, 5.41) is 1.68. The van der Waals surface area contributed by atoms with Gasteiger partial charge in [0.1, 0.15) is 6.10 Å². The minimum atomic E-state index is -3.01. The fourth-order valence-corrected chi connectivity index (χ4v) is 4.31. The highest BCUT2D eigenvalue weighted by Gasteiger charge is 2.60. The van der Waals surface area contributed by atoms with Crippen LogP contribution >= 0.6 is 0 Å². The molecule has 1 saturated heterocycles. The van der Waals surface area contributed by atoms with E-state index in [1.165, 1.54) is 12.1 Å². The van der Waals surface area contributed by atoms with Gasteiger partial charge in [-0.1, -0.05) is 32.9 Å². The number of amides is 4. The van der Waals surface area contributed by atoms with Gasteiger partial charge in [-0.2, -0.15) is 0 Å². The molecule has 7 nitrogen and oxygen atoms in total. The summed E-state index contributed by atoms with van der Waals surface area (Å²) in [7, 11) is -2.48. The number of nitrogens with zero attached hydrogens (tertiary/aromatic N) is 1. The van der Waals surface area contributed by atoms with Gasteiger partial charge in [0.25, 0.3) is 29.4 Å². The number of fused-ring (bicyclic) bond motifs is 1. The van der Waals surface area contributed by atoms with Crippen molar-refractivity contribution in [1.29, 1.82) is 0 Å². The number of halogens is 1. The van der Waals surface area contributed by atoms with Crippen LogP contribution in [0.2, 0.25) is 18.1 Å². The van der Waals surface area contributed by atoms with Gasteiger partial charge < -0.3 is 4.43 Å². The van der Waals surface area contributed by atoms with E-state index in [1.54, 1.807) is 12.1 Å².